The summed E-state index contributed by atoms with van der Waals surface area (Å²) in [7, 11) is 0. The molecule has 1 aliphatic carbocycles. The monoisotopic (exact) mass is 450 g/mol. The number of hydrogen-bond acceptors (Lipinski definition) is 5. The van der Waals surface area contributed by atoms with E-state index >= 15 is 0 Å². The number of allylic oxidation sites excluding steroid dienone is 4. The van der Waals surface area contributed by atoms with Gasteiger partial charge in [-0.05, 0) is 37.6 Å². The number of carbonyl (C=O) groups excluding carboxylic acids is 1. The van der Waals surface area contributed by atoms with E-state index in [9.17, 15) is 22.4 Å². The van der Waals surface area contributed by atoms with Crippen LogP contribution in [0.15, 0.2) is 58.4 Å². The molecular formula is C22H22F4N4O2. The molecule has 0 radical (unpaired) electrons. The molecule has 1 saturated heterocycles. The number of fused-ring (bicyclic) bond motifs is 2. The van der Waals surface area contributed by atoms with Gasteiger partial charge in [0, 0.05) is 37.5 Å². The Hall–Kier alpha value is -3.14. The Balaban J connectivity index is 1.94. The fourth-order valence-corrected chi connectivity index (χ4v) is 4.41. The van der Waals surface area contributed by atoms with Crippen molar-refractivity contribution < 1.29 is 27.1 Å². The van der Waals surface area contributed by atoms with Gasteiger partial charge in [-0.2, -0.15) is 5.01 Å². The second-order valence-corrected chi connectivity index (χ2v) is 7.78. The third-order valence-corrected chi connectivity index (χ3v) is 5.76. The Labute approximate surface area is 182 Å². The van der Waals surface area contributed by atoms with Gasteiger partial charge in [0.1, 0.15) is 23.3 Å². The van der Waals surface area contributed by atoms with Crippen molar-refractivity contribution in [2.45, 2.75) is 31.9 Å². The molecule has 1 aromatic rings. The molecule has 1 aromatic carbocycles. The number of hydrazone groups is 1. The van der Waals surface area contributed by atoms with Gasteiger partial charge >= 0.3 is 0 Å². The zero-order valence-corrected chi connectivity index (χ0v) is 17.3. The smallest absolute Gasteiger partial charge is 0.244 e. The summed E-state index contributed by atoms with van der Waals surface area (Å²) in [5, 5.41) is 8.13. The van der Waals surface area contributed by atoms with Crippen molar-refractivity contribution >= 4 is 11.8 Å². The lowest BCUT2D eigenvalue weighted by Gasteiger charge is -2.41. The molecule has 0 bridgehead atoms. The number of hydrogen-bond donors (Lipinski definition) is 2. The lowest BCUT2D eigenvalue weighted by Crippen LogP contribution is -2.54. The summed E-state index contributed by atoms with van der Waals surface area (Å²) in [6.07, 6.45) is 2.69. The highest BCUT2D eigenvalue weighted by atomic mass is 19.1. The van der Waals surface area contributed by atoms with Crippen LogP contribution in [-0.4, -0.2) is 35.6 Å². The van der Waals surface area contributed by atoms with Gasteiger partial charge in [0.2, 0.25) is 17.5 Å². The van der Waals surface area contributed by atoms with Gasteiger partial charge in [0.15, 0.2) is 0 Å². The van der Waals surface area contributed by atoms with Crippen LogP contribution in [0.5, 0.6) is 0 Å². The normalized spacial score (nSPS) is 25.2. The Morgan fingerprint density at radius 1 is 1.34 bits per heavy atom. The summed E-state index contributed by atoms with van der Waals surface area (Å²) in [5.41, 5.74) is 3.93. The van der Waals surface area contributed by atoms with E-state index in [1.165, 1.54) is 13.0 Å². The predicted molar refractivity (Wildman–Crippen MR) is 109 cm³/mol. The zero-order chi connectivity index (χ0) is 23.0. The second-order valence-electron chi connectivity index (χ2n) is 7.78. The number of ether oxygens (including phenoxy) is 1. The molecule has 1 fully saturated rings. The molecule has 4 rings (SSSR count). The zero-order valence-electron chi connectivity index (χ0n) is 17.3. The molecule has 2 aliphatic heterocycles. The molecular weight excluding hydrogens is 428 g/mol. The molecule has 0 aromatic heterocycles. The minimum atomic E-state index is -1.71. The Morgan fingerprint density at radius 2 is 2.12 bits per heavy atom. The minimum Gasteiger partial charge on any atom is -0.443 e. The van der Waals surface area contributed by atoms with E-state index in [1.807, 2.05) is 0 Å². The van der Waals surface area contributed by atoms with Crippen molar-refractivity contribution in [1.29, 1.82) is 0 Å². The minimum absolute atomic E-state index is 0.0421. The first-order chi connectivity index (χ1) is 15.3. The first-order valence-corrected chi connectivity index (χ1v) is 10.2. The summed E-state index contributed by atoms with van der Waals surface area (Å²) in [4.78, 5) is 12.7. The number of nitrogens with zero attached hydrogens (tertiary/aromatic N) is 2. The van der Waals surface area contributed by atoms with Crippen molar-refractivity contribution in [1.82, 2.24) is 10.3 Å². The van der Waals surface area contributed by atoms with Crippen LogP contribution in [0.25, 0.3) is 0 Å². The highest BCUT2D eigenvalue weighted by Gasteiger charge is 2.57. The number of amides is 1. The summed E-state index contributed by atoms with van der Waals surface area (Å²) >= 11 is 0. The molecule has 1 amide bonds. The third kappa shape index (κ3) is 3.58. The highest BCUT2D eigenvalue weighted by molar-refractivity contribution is 5.97. The first kappa shape index (κ1) is 22.1. The van der Waals surface area contributed by atoms with Gasteiger partial charge in [0.05, 0.1) is 11.3 Å². The van der Waals surface area contributed by atoms with E-state index in [4.69, 9.17) is 10.5 Å². The van der Waals surface area contributed by atoms with E-state index in [1.54, 1.807) is 0 Å². The van der Waals surface area contributed by atoms with Crippen molar-refractivity contribution in [2.24, 2.45) is 16.8 Å². The van der Waals surface area contributed by atoms with E-state index in [2.05, 4.69) is 10.4 Å². The van der Waals surface area contributed by atoms with Crippen LogP contribution in [0.4, 0.5) is 17.6 Å². The third-order valence-electron chi connectivity index (χ3n) is 5.76. The number of carbonyl (C=O) groups is 1. The van der Waals surface area contributed by atoms with Crippen molar-refractivity contribution in [3.8, 4) is 0 Å². The molecule has 170 valence electrons. The molecule has 2 unspecified atom stereocenters. The Kier molecular flexibility index (Phi) is 5.81. The Morgan fingerprint density at radius 3 is 2.84 bits per heavy atom. The van der Waals surface area contributed by atoms with Gasteiger partial charge in [-0.15, -0.1) is 5.10 Å². The van der Waals surface area contributed by atoms with Crippen molar-refractivity contribution in [2.75, 3.05) is 13.1 Å². The molecule has 6 nitrogen and oxygen atoms in total. The number of nitrogens with one attached hydrogen (secondary N) is 1. The summed E-state index contributed by atoms with van der Waals surface area (Å²) < 4.78 is 63.6. The van der Waals surface area contributed by atoms with Crippen LogP contribution in [-0.2, 0) is 9.53 Å². The SMILES string of the molecule is CC(=O)N1N=C(c2cc(F)ccc2F)OC12C1=CCC(F)=CC(F)=C1NCCC2CCN. The molecule has 3 aliphatic rings. The number of rotatable bonds is 3. The van der Waals surface area contributed by atoms with Gasteiger partial charge in [-0.25, -0.2) is 17.6 Å². The first-order valence-electron chi connectivity index (χ1n) is 10.2. The van der Waals surface area contributed by atoms with Crippen LogP contribution in [0.1, 0.15) is 31.7 Å². The quantitative estimate of drug-likeness (QED) is 0.691. The average Bonchev–Trinajstić information content (AvgIpc) is 2.99. The van der Waals surface area contributed by atoms with E-state index < -0.39 is 40.8 Å². The van der Waals surface area contributed by atoms with E-state index in [0.717, 1.165) is 29.3 Å². The van der Waals surface area contributed by atoms with E-state index in [-0.39, 0.29) is 35.7 Å². The molecule has 1 spiro atoms. The fourth-order valence-electron chi connectivity index (χ4n) is 4.41. The number of benzene rings is 1. The summed E-state index contributed by atoms with van der Waals surface area (Å²) in [6.45, 7) is 1.74. The van der Waals surface area contributed by atoms with Crippen LogP contribution in [0.2, 0.25) is 0 Å². The van der Waals surface area contributed by atoms with Gasteiger partial charge in [0.25, 0.3) is 0 Å². The fraction of sp³-hybridized carbons (Fsp3) is 0.364. The molecule has 2 atom stereocenters. The second kappa shape index (κ2) is 8.42. The molecule has 32 heavy (non-hydrogen) atoms. The van der Waals surface area contributed by atoms with E-state index in [0.29, 0.717) is 19.4 Å². The summed E-state index contributed by atoms with van der Waals surface area (Å²) in [5.74, 6) is -4.52. The van der Waals surface area contributed by atoms with Crippen LogP contribution < -0.4 is 11.1 Å². The number of halogens is 4. The lowest BCUT2D eigenvalue weighted by molar-refractivity contribution is -0.149. The highest BCUT2D eigenvalue weighted by Crippen LogP contribution is 2.48. The molecule has 10 heteroatoms. The Bertz CT molecular complexity index is 1080. The maximum Gasteiger partial charge on any atom is 0.244 e. The van der Waals surface area contributed by atoms with Crippen LogP contribution in [0.3, 0.4) is 0 Å². The van der Waals surface area contributed by atoms with Crippen LogP contribution >= 0.6 is 0 Å². The van der Waals surface area contributed by atoms with Gasteiger partial charge < -0.3 is 15.8 Å². The maximum absolute atomic E-state index is 15.0. The topological polar surface area (TPSA) is 80.0 Å². The van der Waals surface area contributed by atoms with Crippen molar-refractivity contribution in [3.63, 3.8) is 0 Å². The maximum atomic E-state index is 15.0. The standard InChI is InChI=1S/C22H22F4N4O2/c1-12(31)30-22(32-21(29-30)16-10-14(23)3-5-18(16)25)13(6-8-27)7-9-28-20-17(22)4-2-15(24)11-19(20)26/h3-5,10-11,13,28H,2,6-9,27H2,1H3. The van der Waals surface area contributed by atoms with Gasteiger partial charge in [-0.3, -0.25) is 4.79 Å². The summed E-state index contributed by atoms with van der Waals surface area (Å²) in [6, 6.07) is 2.76. The predicted octanol–water partition coefficient (Wildman–Crippen LogP) is 3.52. The molecule has 2 heterocycles. The lowest BCUT2D eigenvalue weighted by atomic mass is 9.82. The van der Waals surface area contributed by atoms with Crippen LogP contribution in [0, 0.1) is 17.6 Å². The van der Waals surface area contributed by atoms with Crippen molar-refractivity contribution in [3.05, 3.63) is 70.5 Å². The largest absolute Gasteiger partial charge is 0.443 e. The molecule has 3 N–H and O–H groups in total. The average molecular weight is 450 g/mol. The molecule has 0 saturated carbocycles. The van der Waals surface area contributed by atoms with Gasteiger partial charge in [-0.1, -0.05) is 6.08 Å². The number of nitrogens with two attached hydrogens (primary N) is 1.